The van der Waals surface area contributed by atoms with Crippen molar-refractivity contribution in [1.29, 1.82) is 0 Å². The second-order valence-electron chi connectivity index (χ2n) is 6.79. The molecule has 2 N–H and O–H groups in total. The van der Waals surface area contributed by atoms with Gasteiger partial charge in [0.2, 0.25) is 0 Å². The Balaban J connectivity index is 1.83. The zero-order valence-electron chi connectivity index (χ0n) is 15.1. The summed E-state index contributed by atoms with van der Waals surface area (Å²) in [5, 5.41) is 19.2. The van der Waals surface area contributed by atoms with Crippen LogP contribution in [0.5, 0.6) is 0 Å². The first-order chi connectivity index (χ1) is 13.5. The van der Waals surface area contributed by atoms with Crippen molar-refractivity contribution in [2.45, 2.75) is 24.9 Å². The maximum atomic E-state index is 14.6. The number of nitrogens with zero attached hydrogens (tertiary/aromatic N) is 3. The molecule has 2 heterocycles. The number of nitrogens with one attached hydrogen (secondary N) is 1. The molecular formula is C21H18F2N4O. The van der Waals surface area contributed by atoms with Crippen LogP contribution in [-0.4, -0.2) is 25.3 Å². The topological polar surface area (TPSA) is 74.7 Å². The van der Waals surface area contributed by atoms with Gasteiger partial charge in [0.25, 0.3) is 0 Å². The Hall–Kier alpha value is -3.19. The fourth-order valence-electron chi connectivity index (χ4n) is 3.45. The molecule has 0 radical (unpaired) electrons. The van der Waals surface area contributed by atoms with Gasteiger partial charge in [0.15, 0.2) is 5.82 Å². The van der Waals surface area contributed by atoms with Crippen LogP contribution < -0.4 is 0 Å². The lowest BCUT2D eigenvalue weighted by molar-refractivity contribution is 0.00630. The van der Waals surface area contributed by atoms with E-state index in [1.807, 2.05) is 30.3 Å². The van der Waals surface area contributed by atoms with E-state index in [1.165, 1.54) is 12.4 Å². The van der Waals surface area contributed by atoms with Crippen LogP contribution in [0.15, 0.2) is 60.9 Å². The van der Waals surface area contributed by atoms with E-state index in [2.05, 4.69) is 20.2 Å². The number of benzene rings is 2. The van der Waals surface area contributed by atoms with Gasteiger partial charge in [0.1, 0.15) is 23.6 Å². The van der Waals surface area contributed by atoms with Gasteiger partial charge in [0, 0.05) is 35.0 Å². The molecule has 0 bridgehead atoms. The lowest BCUT2D eigenvalue weighted by atomic mass is 9.77. The van der Waals surface area contributed by atoms with E-state index in [-0.39, 0.29) is 12.0 Å². The Morgan fingerprint density at radius 1 is 1.11 bits per heavy atom. The minimum Gasteiger partial charge on any atom is -0.384 e. The highest BCUT2D eigenvalue weighted by molar-refractivity contribution is 5.78. The lowest BCUT2D eigenvalue weighted by Crippen LogP contribution is -2.36. The molecule has 2 aromatic heterocycles. The van der Waals surface area contributed by atoms with Gasteiger partial charge in [-0.25, -0.2) is 13.8 Å². The van der Waals surface area contributed by atoms with Crippen LogP contribution in [0.4, 0.5) is 8.78 Å². The molecule has 0 fully saturated rings. The number of aromatic nitrogens is 4. The number of halogens is 2. The summed E-state index contributed by atoms with van der Waals surface area (Å²) in [6.07, 6.45) is 1.32. The molecule has 142 valence electrons. The highest BCUT2D eigenvalue weighted by atomic mass is 19.1. The van der Waals surface area contributed by atoms with Crippen LogP contribution in [0.2, 0.25) is 0 Å². The smallest absolute Gasteiger partial charge is 0.153 e. The molecule has 0 spiro atoms. The highest BCUT2D eigenvalue weighted by Gasteiger charge is 2.41. The number of aliphatic hydroxyl groups is 1. The van der Waals surface area contributed by atoms with E-state index in [1.54, 1.807) is 13.0 Å². The van der Waals surface area contributed by atoms with Crippen LogP contribution in [0.3, 0.4) is 0 Å². The SMILES string of the molecule is CC(c1ccc2ccccc2n1)C(O)(Cc1nc[nH]n1)c1ccc(F)cc1F. The zero-order valence-corrected chi connectivity index (χ0v) is 15.1. The quantitative estimate of drug-likeness (QED) is 0.551. The molecule has 2 aromatic carbocycles. The first kappa shape index (κ1) is 18.2. The summed E-state index contributed by atoms with van der Waals surface area (Å²) < 4.78 is 28.1. The van der Waals surface area contributed by atoms with E-state index in [0.29, 0.717) is 11.5 Å². The fourth-order valence-corrected chi connectivity index (χ4v) is 3.45. The van der Waals surface area contributed by atoms with Crippen molar-refractivity contribution < 1.29 is 13.9 Å². The fraction of sp³-hybridized carbons (Fsp3) is 0.190. The maximum Gasteiger partial charge on any atom is 0.153 e. The van der Waals surface area contributed by atoms with Crippen LogP contribution >= 0.6 is 0 Å². The first-order valence-corrected chi connectivity index (χ1v) is 8.85. The van der Waals surface area contributed by atoms with Gasteiger partial charge in [-0.05, 0) is 18.2 Å². The third-order valence-corrected chi connectivity index (χ3v) is 5.07. The van der Waals surface area contributed by atoms with Gasteiger partial charge in [-0.3, -0.25) is 10.1 Å². The average Bonchev–Trinajstić information content (AvgIpc) is 3.19. The van der Waals surface area contributed by atoms with E-state index < -0.39 is 23.2 Å². The zero-order chi connectivity index (χ0) is 19.7. The molecule has 5 nitrogen and oxygen atoms in total. The van der Waals surface area contributed by atoms with Crippen molar-refractivity contribution in [3.05, 3.63) is 89.6 Å². The minimum atomic E-state index is -1.73. The van der Waals surface area contributed by atoms with Gasteiger partial charge in [-0.2, -0.15) is 5.10 Å². The number of aromatic amines is 1. The number of rotatable bonds is 5. The summed E-state index contributed by atoms with van der Waals surface area (Å²) in [5.41, 5.74) is -0.400. The van der Waals surface area contributed by atoms with E-state index in [4.69, 9.17) is 0 Å². The summed E-state index contributed by atoms with van der Waals surface area (Å²) in [4.78, 5) is 8.69. The monoisotopic (exact) mass is 380 g/mol. The van der Waals surface area contributed by atoms with Crippen molar-refractivity contribution >= 4 is 10.9 Å². The van der Waals surface area contributed by atoms with Gasteiger partial charge >= 0.3 is 0 Å². The second kappa shape index (κ2) is 7.09. The molecule has 0 amide bonds. The predicted octanol–water partition coefficient (Wildman–Crippen LogP) is 3.87. The summed E-state index contributed by atoms with van der Waals surface area (Å²) in [5.74, 6) is -1.84. The van der Waals surface area contributed by atoms with Crippen molar-refractivity contribution in [2.75, 3.05) is 0 Å². The number of hydrogen-bond acceptors (Lipinski definition) is 4. The standard InChI is InChI=1S/C21H18F2N4O/c1-13(18-9-6-14-4-2-3-5-19(14)26-18)21(28,11-20-24-12-25-27-20)16-8-7-15(22)10-17(16)23/h2-10,12-13,28H,11H2,1H3,(H,24,25,27). The molecule has 28 heavy (non-hydrogen) atoms. The van der Waals surface area contributed by atoms with Crippen molar-refractivity contribution in [3.63, 3.8) is 0 Å². The van der Waals surface area contributed by atoms with Gasteiger partial charge in [-0.1, -0.05) is 37.3 Å². The minimum absolute atomic E-state index is 0.0267. The number of H-pyrrole nitrogens is 1. The summed E-state index contributed by atoms with van der Waals surface area (Å²) in [7, 11) is 0. The Morgan fingerprint density at radius 3 is 2.68 bits per heavy atom. The number of para-hydroxylation sites is 1. The van der Waals surface area contributed by atoms with Gasteiger partial charge in [0.05, 0.1) is 5.52 Å². The van der Waals surface area contributed by atoms with Crippen LogP contribution in [0.25, 0.3) is 10.9 Å². The first-order valence-electron chi connectivity index (χ1n) is 8.85. The molecule has 0 saturated carbocycles. The van der Waals surface area contributed by atoms with Crippen molar-refractivity contribution in [1.82, 2.24) is 20.2 Å². The Bertz CT molecular complexity index is 1120. The summed E-state index contributed by atoms with van der Waals surface area (Å²) in [6, 6.07) is 14.5. The van der Waals surface area contributed by atoms with Crippen LogP contribution in [0.1, 0.15) is 29.9 Å². The second-order valence-corrected chi connectivity index (χ2v) is 6.79. The molecule has 2 unspecified atom stereocenters. The van der Waals surface area contributed by atoms with E-state index >= 15 is 0 Å². The average molecular weight is 380 g/mol. The highest BCUT2D eigenvalue weighted by Crippen LogP contribution is 2.40. The molecule has 0 aliphatic rings. The van der Waals surface area contributed by atoms with Crippen LogP contribution in [0, 0.1) is 11.6 Å². The van der Waals surface area contributed by atoms with E-state index in [0.717, 1.165) is 23.0 Å². The normalized spacial score (nSPS) is 14.7. The summed E-state index contributed by atoms with van der Waals surface area (Å²) in [6.45, 7) is 1.76. The van der Waals surface area contributed by atoms with E-state index in [9.17, 15) is 13.9 Å². The number of hydrogen-bond donors (Lipinski definition) is 2. The maximum absolute atomic E-state index is 14.6. The third kappa shape index (κ3) is 3.25. The lowest BCUT2D eigenvalue weighted by Gasteiger charge is -2.34. The molecule has 2 atom stereocenters. The number of fused-ring (bicyclic) bond motifs is 1. The Labute approximate surface area is 160 Å². The molecule has 0 aliphatic heterocycles. The van der Waals surface area contributed by atoms with Gasteiger partial charge in [-0.15, -0.1) is 0 Å². The molecule has 0 saturated heterocycles. The van der Waals surface area contributed by atoms with Crippen LogP contribution in [-0.2, 0) is 12.0 Å². The summed E-state index contributed by atoms with van der Waals surface area (Å²) >= 11 is 0. The molecule has 4 aromatic rings. The third-order valence-electron chi connectivity index (χ3n) is 5.07. The largest absolute Gasteiger partial charge is 0.384 e. The van der Waals surface area contributed by atoms with Gasteiger partial charge < -0.3 is 5.11 Å². The predicted molar refractivity (Wildman–Crippen MR) is 100 cm³/mol. The molecule has 7 heteroatoms. The number of pyridine rings is 1. The molecule has 4 rings (SSSR count). The molecular weight excluding hydrogens is 362 g/mol. The van der Waals surface area contributed by atoms with Crippen molar-refractivity contribution in [2.24, 2.45) is 0 Å². The Kier molecular flexibility index (Phi) is 4.60. The molecule has 0 aliphatic carbocycles. The van der Waals surface area contributed by atoms with Crippen molar-refractivity contribution in [3.8, 4) is 0 Å². The Morgan fingerprint density at radius 2 is 1.93 bits per heavy atom.